The number of nitriles is 1. The Morgan fingerprint density at radius 2 is 1.93 bits per heavy atom. The zero-order valence-electron chi connectivity index (χ0n) is 17.5. The molecule has 0 amide bonds. The van der Waals surface area contributed by atoms with Crippen molar-refractivity contribution in [2.45, 2.75) is 31.6 Å². The highest BCUT2D eigenvalue weighted by Crippen LogP contribution is 2.21. The SMILES string of the molecule is CN(Cc1ccc(F)cc1)C[C@@H]1CC[C@@H](CN=c2c(C#N)c(N)n(C)c(=S)n2C)O1. The summed E-state index contributed by atoms with van der Waals surface area (Å²) in [6, 6.07) is 8.69. The minimum absolute atomic E-state index is 0.00971. The number of likely N-dealkylation sites (N-methyl/N-ethyl adjacent to an activating group) is 1. The van der Waals surface area contributed by atoms with Crippen LogP contribution in [0.25, 0.3) is 0 Å². The molecule has 2 heterocycles. The summed E-state index contributed by atoms with van der Waals surface area (Å²) in [6.07, 6.45) is 1.96. The van der Waals surface area contributed by atoms with E-state index in [1.54, 1.807) is 35.4 Å². The number of benzene rings is 1. The summed E-state index contributed by atoms with van der Waals surface area (Å²) in [6.45, 7) is 1.97. The molecule has 1 aliphatic rings. The summed E-state index contributed by atoms with van der Waals surface area (Å²) < 4.78 is 23.0. The zero-order valence-corrected chi connectivity index (χ0v) is 18.3. The van der Waals surface area contributed by atoms with Crippen molar-refractivity contribution in [3.05, 3.63) is 51.5 Å². The van der Waals surface area contributed by atoms with Gasteiger partial charge < -0.3 is 19.6 Å². The molecule has 1 fully saturated rings. The van der Waals surface area contributed by atoms with Crippen molar-refractivity contribution in [1.29, 1.82) is 5.26 Å². The van der Waals surface area contributed by atoms with Gasteiger partial charge in [0.25, 0.3) is 0 Å². The summed E-state index contributed by atoms with van der Waals surface area (Å²) >= 11 is 5.37. The molecule has 0 radical (unpaired) electrons. The first-order valence-corrected chi connectivity index (χ1v) is 10.3. The minimum atomic E-state index is -0.225. The number of halogens is 1. The van der Waals surface area contributed by atoms with Gasteiger partial charge in [0.15, 0.2) is 10.3 Å². The van der Waals surface area contributed by atoms with Crippen LogP contribution in [0.1, 0.15) is 24.0 Å². The van der Waals surface area contributed by atoms with Crippen LogP contribution in [-0.2, 0) is 25.4 Å². The number of nitrogens with zero attached hydrogens (tertiary/aromatic N) is 5. The summed E-state index contributed by atoms with van der Waals surface area (Å²) in [5, 5.41) is 9.50. The molecule has 2 atom stereocenters. The molecule has 0 unspecified atom stereocenters. The maximum Gasteiger partial charge on any atom is 0.182 e. The number of nitrogen functional groups attached to an aromatic ring is 1. The van der Waals surface area contributed by atoms with E-state index in [4.69, 9.17) is 22.7 Å². The van der Waals surface area contributed by atoms with E-state index in [1.165, 1.54) is 12.1 Å². The van der Waals surface area contributed by atoms with Crippen LogP contribution >= 0.6 is 12.2 Å². The molecule has 2 aromatic rings. The fourth-order valence-corrected chi connectivity index (χ4v) is 3.90. The fraction of sp³-hybridized carbons (Fsp3) is 0.476. The van der Waals surface area contributed by atoms with E-state index < -0.39 is 0 Å². The molecule has 30 heavy (non-hydrogen) atoms. The van der Waals surface area contributed by atoms with Gasteiger partial charge in [-0.15, -0.1) is 0 Å². The number of hydrogen-bond donors (Lipinski definition) is 1. The fourth-order valence-electron chi connectivity index (χ4n) is 3.71. The third kappa shape index (κ3) is 4.95. The van der Waals surface area contributed by atoms with E-state index in [-0.39, 0.29) is 18.0 Å². The first-order chi connectivity index (χ1) is 14.3. The predicted molar refractivity (Wildman–Crippen MR) is 115 cm³/mol. The molecular weight excluding hydrogens is 403 g/mol. The number of hydrogen-bond acceptors (Lipinski definition) is 6. The molecule has 0 saturated carbocycles. The van der Waals surface area contributed by atoms with Gasteiger partial charge in [0.1, 0.15) is 23.3 Å². The summed E-state index contributed by atoms with van der Waals surface area (Å²) in [5.74, 6) is 0.0872. The average molecular weight is 431 g/mol. The van der Waals surface area contributed by atoms with Crippen LogP contribution in [0.3, 0.4) is 0 Å². The quantitative estimate of drug-likeness (QED) is 0.711. The number of nitrogens with two attached hydrogens (primary N) is 1. The van der Waals surface area contributed by atoms with Gasteiger partial charge in [0.2, 0.25) is 0 Å². The molecule has 7 nitrogen and oxygen atoms in total. The van der Waals surface area contributed by atoms with Crippen molar-refractivity contribution in [1.82, 2.24) is 14.0 Å². The molecule has 1 aromatic heterocycles. The van der Waals surface area contributed by atoms with Gasteiger partial charge >= 0.3 is 0 Å². The monoisotopic (exact) mass is 430 g/mol. The molecule has 2 N–H and O–H groups in total. The Labute approximate surface area is 180 Å². The molecule has 1 aromatic carbocycles. The highest BCUT2D eigenvalue weighted by Gasteiger charge is 2.26. The van der Waals surface area contributed by atoms with Crippen molar-refractivity contribution >= 4 is 18.0 Å². The molecule has 1 aliphatic heterocycles. The average Bonchev–Trinajstić information content (AvgIpc) is 3.16. The van der Waals surface area contributed by atoms with Gasteiger partial charge in [-0.3, -0.25) is 9.89 Å². The third-order valence-electron chi connectivity index (χ3n) is 5.37. The van der Waals surface area contributed by atoms with E-state index in [0.29, 0.717) is 28.2 Å². The zero-order chi connectivity index (χ0) is 21.8. The largest absolute Gasteiger partial charge is 0.384 e. The lowest BCUT2D eigenvalue weighted by Gasteiger charge is -2.21. The molecule has 3 rings (SSSR count). The van der Waals surface area contributed by atoms with Gasteiger partial charge in [-0.25, -0.2) is 4.39 Å². The van der Waals surface area contributed by atoms with Crippen LogP contribution in [0.2, 0.25) is 0 Å². The van der Waals surface area contributed by atoms with Crippen molar-refractivity contribution in [3.8, 4) is 6.07 Å². The van der Waals surface area contributed by atoms with E-state index in [2.05, 4.69) is 16.0 Å². The van der Waals surface area contributed by atoms with Crippen LogP contribution in [0.5, 0.6) is 0 Å². The van der Waals surface area contributed by atoms with Crippen molar-refractivity contribution in [2.24, 2.45) is 19.1 Å². The molecule has 0 bridgehead atoms. The van der Waals surface area contributed by atoms with Crippen LogP contribution in [0.4, 0.5) is 10.2 Å². The summed E-state index contributed by atoms with van der Waals surface area (Å²) in [7, 11) is 5.54. The summed E-state index contributed by atoms with van der Waals surface area (Å²) in [4.78, 5) is 6.79. The van der Waals surface area contributed by atoms with E-state index >= 15 is 0 Å². The first kappa shape index (κ1) is 22.2. The lowest BCUT2D eigenvalue weighted by molar-refractivity contribution is 0.0304. The van der Waals surface area contributed by atoms with E-state index in [1.807, 2.05) is 7.05 Å². The van der Waals surface area contributed by atoms with Crippen LogP contribution in [0, 0.1) is 21.9 Å². The highest BCUT2D eigenvalue weighted by molar-refractivity contribution is 7.71. The lowest BCUT2D eigenvalue weighted by atomic mass is 10.1. The summed E-state index contributed by atoms with van der Waals surface area (Å²) in [5.41, 5.74) is 7.91. The Bertz CT molecular complexity index is 1070. The van der Waals surface area contributed by atoms with E-state index in [9.17, 15) is 9.65 Å². The Hall–Kier alpha value is -2.54. The Morgan fingerprint density at radius 1 is 1.27 bits per heavy atom. The van der Waals surface area contributed by atoms with Gasteiger partial charge in [0, 0.05) is 27.2 Å². The van der Waals surface area contributed by atoms with Crippen molar-refractivity contribution < 1.29 is 9.13 Å². The van der Waals surface area contributed by atoms with Crippen molar-refractivity contribution in [2.75, 3.05) is 25.9 Å². The Kier molecular flexibility index (Phi) is 7.02. The van der Waals surface area contributed by atoms with Gasteiger partial charge in [-0.2, -0.15) is 5.26 Å². The molecule has 9 heteroatoms. The normalized spacial score (nSPS) is 19.4. The molecule has 0 aliphatic carbocycles. The maximum absolute atomic E-state index is 13.1. The second kappa shape index (κ2) is 9.51. The molecule has 0 spiro atoms. The van der Waals surface area contributed by atoms with Gasteiger partial charge in [-0.1, -0.05) is 12.1 Å². The van der Waals surface area contributed by atoms with Crippen LogP contribution in [0.15, 0.2) is 29.3 Å². The number of aromatic nitrogens is 2. The Morgan fingerprint density at radius 3 is 2.60 bits per heavy atom. The highest BCUT2D eigenvalue weighted by atomic mass is 32.1. The number of rotatable bonds is 6. The second-order valence-electron chi connectivity index (χ2n) is 7.72. The Balaban J connectivity index is 1.62. The lowest BCUT2D eigenvalue weighted by Crippen LogP contribution is -2.31. The van der Waals surface area contributed by atoms with E-state index in [0.717, 1.165) is 31.5 Å². The first-order valence-electron chi connectivity index (χ1n) is 9.84. The van der Waals surface area contributed by atoms with Crippen LogP contribution < -0.4 is 11.2 Å². The molecular formula is C21H27FN6OS. The number of ether oxygens (including phenoxy) is 1. The number of anilines is 1. The van der Waals surface area contributed by atoms with Crippen molar-refractivity contribution in [3.63, 3.8) is 0 Å². The maximum atomic E-state index is 13.1. The van der Waals surface area contributed by atoms with Crippen LogP contribution in [-0.4, -0.2) is 46.4 Å². The smallest absolute Gasteiger partial charge is 0.182 e. The third-order valence-corrected chi connectivity index (χ3v) is 5.91. The second-order valence-corrected chi connectivity index (χ2v) is 8.08. The topological polar surface area (TPSA) is 84.5 Å². The minimum Gasteiger partial charge on any atom is -0.384 e. The van der Waals surface area contributed by atoms with Gasteiger partial charge in [-0.05, 0) is 49.8 Å². The standard InChI is InChI=1S/C21H27FN6OS/c1-26(12-14-4-6-15(22)7-5-14)13-17-9-8-16(29-17)11-25-20-18(10-23)19(24)27(2)21(30)28(20)3/h4-7,16-17H,8-9,11-13,24H2,1-3H3/t16-,17-/m0/s1. The van der Waals surface area contributed by atoms with Gasteiger partial charge in [0.05, 0.1) is 18.8 Å². The predicted octanol–water partition coefficient (Wildman–Crippen LogP) is 2.27. The molecule has 160 valence electrons. The molecule has 1 saturated heterocycles.